The number of ether oxygens (including phenoxy) is 1. The number of hydrogen-bond acceptors (Lipinski definition) is 3. The van der Waals surface area contributed by atoms with Crippen molar-refractivity contribution in [3.63, 3.8) is 0 Å². The molecule has 1 atom stereocenters. The van der Waals surface area contributed by atoms with Crippen molar-refractivity contribution in [2.45, 2.75) is 20.0 Å². The summed E-state index contributed by atoms with van der Waals surface area (Å²) in [7, 11) is 0. The van der Waals surface area contributed by atoms with Crippen LogP contribution in [-0.4, -0.2) is 31.6 Å². The molecule has 1 aromatic rings. The van der Waals surface area contributed by atoms with Gasteiger partial charge in [0.2, 0.25) is 0 Å². The fraction of sp³-hybridized carbons (Fsp3) is 0.500. The molecule has 2 N–H and O–H groups in total. The molecule has 1 unspecified atom stereocenters. The van der Waals surface area contributed by atoms with Gasteiger partial charge in [0.25, 0.3) is 5.91 Å². The molecule has 0 aromatic heterocycles. The number of rotatable bonds is 5. The van der Waals surface area contributed by atoms with Crippen molar-refractivity contribution >= 4 is 29.9 Å². The summed E-state index contributed by atoms with van der Waals surface area (Å²) in [6.45, 7) is 6.32. The summed E-state index contributed by atoms with van der Waals surface area (Å²) >= 11 is 5.95. The van der Waals surface area contributed by atoms with E-state index < -0.39 is 6.10 Å². The van der Waals surface area contributed by atoms with Crippen LogP contribution >= 0.6 is 24.0 Å². The Kier molecular flexibility index (Phi) is 6.59. The van der Waals surface area contributed by atoms with Crippen molar-refractivity contribution < 1.29 is 9.53 Å². The highest BCUT2D eigenvalue weighted by atomic mass is 35.5. The highest BCUT2D eigenvalue weighted by Crippen LogP contribution is 2.21. The molecule has 1 aliphatic rings. The molecule has 0 aliphatic carbocycles. The molecular weight excluding hydrogens is 299 g/mol. The minimum Gasteiger partial charge on any atom is -0.481 e. The Balaban J connectivity index is 0.00000200. The van der Waals surface area contributed by atoms with Gasteiger partial charge in [-0.15, -0.1) is 12.4 Å². The summed E-state index contributed by atoms with van der Waals surface area (Å²) in [5, 5.41) is 6.77. The molecule has 1 aromatic carbocycles. The fourth-order valence-corrected chi connectivity index (χ4v) is 1.95. The first-order valence-electron chi connectivity index (χ1n) is 6.47. The molecule has 0 radical (unpaired) electrons. The topological polar surface area (TPSA) is 50.4 Å². The lowest BCUT2D eigenvalue weighted by atomic mass is 10.0. The average Bonchev–Trinajstić information content (AvgIpc) is 2.31. The van der Waals surface area contributed by atoms with E-state index in [1.807, 2.05) is 13.0 Å². The van der Waals surface area contributed by atoms with E-state index in [1.165, 1.54) is 0 Å². The van der Waals surface area contributed by atoms with Gasteiger partial charge in [-0.3, -0.25) is 4.79 Å². The molecule has 6 heteroatoms. The third-order valence-electron chi connectivity index (χ3n) is 3.24. The lowest BCUT2D eigenvalue weighted by Crippen LogP contribution is -2.49. The number of carbonyl (C=O) groups is 1. The van der Waals surface area contributed by atoms with Crippen LogP contribution in [0.1, 0.15) is 12.5 Å². The quantitative estimate of drug-likeness (QED) is 0.874. The van der Waals surface area contributed by atoms with Crippen LogP contribution in [0.15, 0.2) is 18.2 Å². The zero-order valence-electron chi connectivity index (χ0n) is 11.6. The van der Waals surface area contributed by atoms with Crippen LogP contribution in [0.5, 0.6) is 5.75 Å². The molecule has 1 amide bonds. The van der Waals surface area contributed by atoms with Crippen LogP contribution in [0.3, 0.4) is 0 Å². The highest BCUT2D eigenvalue weighted by Gasteiger charge is 2.20. The monoisotopic (exact) mass is 318 g/mol. The Bertz CT molecular complexity index is 464. The van der Waals surface area contributed by atoms with Crippen LogP contribution in [0.25, 0.3) is 0 Å². The zero-order chi connectivity index (χ0) is 13.8. The van der Waals surface area contributed by atoms with Gasteiger partial charge in [0, 0.05) is 30.6 Å². The first kappa shape index (κ1) is 17.1. The fourth-order valence-electron chi connectivity index (χ4n) is 1.83. The number of hydrogen-bond donors (Lipinski definition) is 2. The van der Waals surface area contributed by atoms with Crippen molar-refractivity contribution in [3.05, 3.63) is 28.8 Å². The summed E-state index contributed by atoms with van der Waals surface area (Å²) in [5.74, 6) is 1.13. The second-order valence-electron chi connectivity index (χ2n) is 4.94. The van der Waals surface area contributed by atoms with E-state index in [2.05, 4.69) is 10.6 Å². The van der Waals surface area contributed by atoms with Gasteiger partial charge in [0.1, 0.15) is 5.75 Å². The molecule has 1 heterocycles. The molecule has 0 saturated carbocycles. The molecule has 20 heavy (non-hydrogen) atoms. The maximum absolute atomic E-state index is 11.9. The van der Waals surface area contributed by atoms with E-state index in [9.17, 15) is 4.79 Å². The molecule has 1 fully saturated rings. The second-order valence-corrected chi connectivity index (χ2v) is 5.35. The summed E-state index contributed by atoms with van der Waals surface area (Å²) in [6, 6.07) is 5.38. The maximum Gasteiger partial charge on any atom is 0.260 e. The third kappa shape index (κ3) is 4.54. The Morgan fingerprint density at radius 2 is 2.25 bits per heavy atom. The van der Waals surface area contributed by atoms with Crippen LogP contribution in [0, 0.1) is 12.8 Å². The lowest BCUT2D eigenvalue weighted by Gasteiger charge is -2.27. The van der Waals surface area contributed by atoms with Crippen molar-refractivity contribution in [2.75, 3.05) is 19.6 Å². The van der Waals surface area contributed by atoms with Gasteiger partial charge in [-0.25, -0.2) is 0 Å². The van der Waals surface area contributed by atoms with E-state index in [0.29, 0.717) is 23.2 Å². The van der Waals surface area contributed by atoms with Gasteiger partial charge in [-0.05, 0) is 37.6 Å². The van der Waals surface area contributed by atoms with Gasteiger partial charge < -0.3 is 15.4 Å². The largest absolute Gasteiger partial charge is 0.481 e. The van der Waals surface area contributed by atoms with Crippen molar-refractivity contribution in [3.8, 4) is 5.75 Å². The number of carbonyl (C=O) groups excluding carboxylic acids is 1. The number of nitrogens with one attached hydrogen (secondary N) is 2. The van der Waals surface area contributed by atoms with E-state index in [-0.39, 0.29) is 18.3 Å². The standard InChI is InChI=1S/C14H19ClN2O2.ClH/c1-9-5-12(3-4-13(9)15)19-10(2)14(18)17-8-11-6-16-7-11;/h3-5,10-11,16H,6-8H2,1-2H3,(H,17,18);1H. The molecule has 0 spiro atoms. The van der Waals surface area contributed by atoms with Gasteiger partial charge in [0.15, 0.2) is 6.10 Å². The molecule has 0 bridgehead atoms. The van der Waals surface area contributed by atoms with E-state index >= 15 is 0 Å². The van der Waals surface area contributed by atoms with Crippen LogP contribution < -0.4 is 15.4 Å². The van der Waals surface area contributed by atoms with Gasteiger partial charge >= 0.3 is 0 Å². The predicted octanol–water partition coefficient (Wildman–Crippen LogP) is 2.17. The Hall–Kier alpha value is -0.970. The van der Waals surface area contributed by atoms with Crippen molar-refractivity contribution in [1.29, 1.82) is 0 Å². The smallest absolute Gasteiger partial charge is 0.260 e. The molecule has 4 nitrogen and oxygen atoms in total. The summed E-state index contributed by atoms with van der Waals surface area (Å²) < 4.78 is 5.61. The average molecular weight is 319 g/mol. The van der Waals surface area contributed by atoms with Gasteiger partial charge in [0.05, 0.1) is 0 Å². The minimum atomic E-state index is -0.506. The Morgan fingerprint density at radius 3 is 2.80 bits per heavy atom. The minimum absolute atomic E-state index is 0. The van der Waals surface area contributed by atoms with E-state index in [1.54, 1.807) is 19.1 Å². The number of aryl methyl sites for hydroxylation is 1. The maximum atomic E-state index is 11.9. The molecule has 112 valence electrons. The van der Waals surface area contributed by atoms with Crippen LogP contribution in [0.4, 0.5) is 0 Å². The van der Waals surface area contributed by atoms with Crippen molar-refractivity contribution in [2.24, 2.45) is 5.92 Å². The number of halogens is 2. The third-order valence-corrected chi connectivity index (χ3v) is 3.67. The molecule has 1 aliphatic heterocycles. The first-order valence-corrected chi connectivity index (χ1v) is 6.85. The van der Waals surface area contributed by atoms with E-state index in [4.69, 9.17) is 16.3 Å². The second kappa shape index (κ2) is 7.72. The number of amides is 1. The predicted molar refractivity (Wildman–Crippen MR) is 82.9 cm³/mol. The van der Waals surface area contributed by atoms with E-state index in [0.717, 1.165) is 18.7 Å². The zero-order valence-corrected chi connectivity index (χ0v) is 13.2. The lowest BCUT2D eigenvalue weighted by molar-refractivity contribution is -0.127. The molecule has 2 rings (SSSR count). The summed E-state index contributed by atoms with van der Waals surface area (Å²) in [4.78, 5) is 11.9. The van der Waals surface area contributed by atoms with Gasteiger partial charge in [-0.1, -0.05) is 11.6 Å². The Morgan fingerprint density at radius 1 is 1.55 bits per heavy atom. The highest BCUT2D eigenvalue weighted by molar-refractivity contribution is 6.31. The number of benzene rings is 1. The van der Waals surface area contributed by atoms with Crippen molar-refractivity contribution in [1.82, 2.24) is 10.6 Å². The summed E-state index contributed by atoms with van der Waals surface area (Å²) in [5.41, 5.74) is 0.937. The SMILES string of the molecule is Cc1cc(OC(C)C(=O)NCC2CNC2)ccc1Cl.Cl. The van der Waals surface area contributed by atoms with Gasteiger partial charge in [-0.2, -0.15) is 0 Å². The van der Waals surface area contributed by atoms with Crippen LogP contribution in [-0.2, 0) is 4.79 Å². The normalized spacial score (nSPS) is 15.8. The molecule has 1 saturated heterocycles. The Labute approximate surface area is 130 Å². The molecular formula is C14H20Cl2N2O2. The summed E-state index contributed by atoms with van der Waals surface area (Å²) in [6.07, 6.45) is -0.506. The first-order chi connectivity index (χ1) is 9.06. The van der Waals surface area contributed by atoms with Crippen LogP contribution in [0.2, 0.25) is 5.02 Å².